The van der Waals surface area contributed by atoms with Gasteiger partial charge in [-0.1, -0.05) is 31.0 Å². The molecule has 1 aromatic rings. The van der Waals surface area contributed by atoms with Gasteiger partial charge in [0.2, 0.25) is 0 Å². The molecule has 1 fully saturated rings. The molecule has 100 valence electrons. The summed E-state index contributed by atoms with van der Waals surface area (Å²) in [5, 5.41) is 13.4. The second kappa shape index (κ2) is 6.21. The zero-order valence-corrected chi connectivity index (χ0v) is 11.1. The van der Waals surface area contributed by atoms with E-state index in [1.165, 1.54) is 25.7 Å². The molecular weight excluding hydrogens is 226 g/mol. The highest BCUT2D eigenvalue weighted by atomic mass is 16.5. The highest BCUT2D eigenvalue weighted by Crippen LogP contribution is 2.28. The van der Waals surface area contributed by atoms with Gasteiger partial charge in [0, 0.05) is 12.1 Å². The summed E-state index contributed by atoms with van der Waals surface area (Å²) in [5.74, 6) is 0.809. The highest BCUT2D eigenvalue weighted by Gasteiger charge is 2.28. The Hall–Kier alpha value is -1.06. The lowest BCUT2D eigenvalue weighted by molar-refractivity contribution is 0.0980. The van der Waals surface area contributed by atoms with Crippen LogP contribution >= 0.6 is 0 Å². The van der Waals surface area contributed by atoms with E-state index in [-0.39, 0.29) is 5.54 Å². The molecule has 3 heteroatoms. The van der Waals surface area contributed by atoms with Crippen LogP contribution in [0.3, 0.4) is 0 Å². The van der Waals surface area contributed by atoms with Crippen LogP contribution < -0.4 is 10.1 Å². The maximum Gasteiger partial charge on any atom is 0.119 e. The predicted molar refractivity (Wildman–Crippen MR) is 72.8 cm³/mol. The molecule has 2 N–H and O–H groups in total. The van der Waals surface area contributed by atoms with Crippen molar-refractivity contribution in [3.63, 3.8) is 0 Å². The average molecular weight is 249 g/mol. The van der Waals surface area contributed by atoms with Crippen LogP contribution in [0.15, 0.2) is 30.3 Å². The van der Waals surface area contributed by atoms with E-state index in [1.807, 2.05) is 30.3 Å². The fraction of sp³-hybridized carbons (Fsp3) is 0.600. The molecule has 1 saturated carbocycles. The van der Waals surface area contributed by atoms with Crippen LogP contribution in [0.5, 0.6) is 5.75 Å². The number of rotatable bonds is 6. The van der Waals surface area contributed by atoms with Gasteiger partial charge in [0.05, 0.1) is 0 Å². The number of hydrogen-bond acceptors (Lipinski definition) is 3. The maximum atomic E-state index is 9.90. The topological polar surface area (TPSA) is 41.5 Å². The lowest BCUT2D eigenvalue weighted by Crippen LogP contribution is -2.44. The molecule has 1 atom stereocenters. The third-order valence-corrected chi connectivity index (χ3v) is 3.66. The first-order valence-corrected chi connectivity index (χ1v) is 6.79. The van der Waals surface area contributed by atoms with Gasteiger partial charge in [-0.05, 0) is 31.9 Å². The first-order chi connectivity index (χ1) is 8.68. The van der Waals surface area contributed by atoms with Gasteiger partial charge in [0.15, 0.2) is 0 Å². The van der Waals surface area contributed by atoms with Gasteiger partial charge in [-0.25, -0.2) is 0 Å². The molecule has 0 spiro atoms. The molecule has 0 aliphatic heterocycles. The second-order valence-corrected chi connectivity index (χ2v) is 5.43. The van der Waals surface area contributed by atoms with Crippen molar-refractivity contribution >= 4 is 0 Å². The number of para-hydroxylation sites is 1. The standard InChI is InChI=1S/C15H23NO2/c1-15(9-5-6-10-15)16-11-13(17)12-18-14-7-3-2-4-8-14/h2-4,7-8,13,16-17H,5-6,9-12H2,1H3. The molecule has 0 aromatic heterocycles. The number of benzene rings is 1. The lowest BCUT2D eigenvalue weighted by atomic mass is 10.0. The zero-order chi connectivity index (χ0) is 12.8. The molecule has 0 bridgehead atoms. The van der Waals surface area contributed by atoms with E-state index in [0.717, 1.165) is 5.75 Å². The van der Waals surface area contributed by atoms with Crippen LogP contribution in [0.25, 0.3) is 0 Å². The lowest BCUT2D eigenvalue weighted by Gasteiger charge is -2.27. The molecular formula is C15H23NO2. The molecule has 1 aliphatic rings. The normalized spacial score (nSPS) is 19.7. The smallest absolute Gasteiger partial charge is 0.119 e. The van der Waals surface area contributed by atoms with Gasteiger partial charge >= 0.3 is 0 Å². The summed E-state index contributed by atoms with van der Waals surface area (Å²) in [5.41, 5.74) is 0.216. The van der Waals surface area contributed by atoms with Crippen molar-refractivity contribution in [2.24, 2.45) is 0 Å². The first kappa shape index (κ1) is 13.4. The van der Waals surface area contributed by atoms with Crippen molar-refractivity contribution in [3.05, 3.63) is 30.3 Å². The summed E-state index contributed by atoms with van der Waals surface area (Å²) >= 11 is 0. The molecule has 1 aliphatic carbocycles. The van der Waals surface area contributed by atoms with Gasteiger partial charge in [0.25, 0.3) is 0 Å². The minimum Gasteiger partial charge on any atom is -0.491 e. The van der Waals surface area contributed by atoms with Crippen LogP contribution in [0.1, 0.15) is 32.6 Å². The number of aliphatic hydroxyl groups excluding tert-OH is 1. The number of nitrogens with one attached hydrogen (secondary N) is 1. The fourth-order valence-corrected chi connectivity index (χ4v) is 2.46. The summed E-state index contributed by atoms with van der Waals surface area (Å²) in [4.78, 5) is 0. The molecule has 3 nitrogen and oxygen atoms in total. The van der Waals surface area contributed by atoms with Crippen LogP contribution in [0, 0.1) is 0 Å². The van der Waals surface area contributed by atoms with Crippen molar-refractivity contribution < 1.29 is 9.84 Å². The Morgan fingerprint density at radius 3 is 2.61 bits per heavy atom. The Labute approximate surface area is 109 Å². The minimum atomic E-state index is -0.456. The summed E-state index contributed by atoms with van der Waals surface area (Å²) in [7, 11) is 0. The molecule has 1 unspecified atom stereocenters. The van der Waals surface area contributed by atoms with Crippen LogP contribution in [-0.2, 0) is 0 Å². The molecule has 0 saturated heterocycles. The van der Waals surface area contributed by atoms with Crippen molar-refractivity contribution in [1.82, 2.24) is 5.32 Å². The van der Waals surface area contributed by atoms with Gasteiger partial charge in [-0.15, -0.1) is 0 Å². The maximum absolute atomic E-state index is 9.90. The Morgan fingerprint density at radius 2 is 1.94 bits per heavy atom. The van der Waals surface area contributed by atoms with E-state index in [1.54, 1.807) is 0 Å². The first-order valence-electron chi connectivity index (χ1n) is 6.79. The second-order valence-electron chi connectivity index (χ2n) is 5.43. The van der Waals surface area contributed by atoms with Crippen LogP contribution in [-0.4, -0.2) is 29.9 Å². The monoisotopic (exact) mass is 249 g/mol. The van der Waals surface area contributed by atoms with Gasteiger partial charge in [-0.3, -0.25) is 0 Å². The SMILES string of the molecule is CC1(NCC(O)COc2ccccc2)CCCC1. The average Bonchev–Trinajstić information content (AvgIpc) is 2.83. The Balaban J connectivity index is 1.67. The van der Waals surface area contributed by atoms with E-state index in [4.69, 9.17) is 4.74 Å². The van der Waals surface area contributed by atoms with Crippen molar-refractivity contribution in [2.45, 2.75) is 44.2 Å². The summed E-state index contributed by atoms with van der Waals surface area (Å²) in [6.45, 7) is 3.18. The molecule has 0 amide bonds. The quantitative estimate of drug-likeness (QED) is 0.813. The highest BCUT2D eigenvalue weighted by molar-refractivity contribution is 5.20. The van der Waals surface area contributed by atoms with E-state index < -0.39 is 6.10 Å². The number of ether oxygens (including phenoxy) is 1. The van der Waals surface area contributed by atoms with Crippen molar-refractivity contribution in [2.75, 3.05) is 13.2 Å². The Kier molecular flexibility index (Phi) is 4.61. The van der Waals surface area contributed by atoms with Gasteiger partial charge < -0.3 is 15.2 Å². The van der Waals surface area contributed by atoms with Crippen molar-refractivity contribution in [1.29, 1.82) is 0 Å². The number of aliphatic hydroxyl groups is 1. The molecule has 0 radical (unpaired) electrons. The largest absolute Gasteiger partial charge is 0.491 e. The number of hydrogen-bond donors (Lipinski definition) is 2. The number of β-amino-alcohol motifs (C(OH)–C–C–N with tert-alkyl or cyclic N) is 1. The van der Waals surface area contributed by atoms with E-state index in [0.29, 0.717) is 13.2 Å². The molecule has 1 aromatic carbocycles. The Morgan fingerprint density at radius 1 is 1.28 bits per heavy atom. The van der Waals surface area contributed by atoms with Crippen molar-refractivity contribution in [3.8, 4) is 5.75 Å². The molecule has 18 heavy (non-hydrogen) atoms. The predicted octanol–water partition coefficient (Wildman–Crippen LogP) is 2.35. The summed E-state index contributed by atoms with van der Waals surface area (Å²) < 4.78 is 5.53. The molecule has 0 heterocycles. The van der Waals surface area contributed by atoms with Crippen LogP contribution in [0.4, 0.5) is 0 Å². The summed E-state index contributed by atoms with van der Waals surface area (Å²) in [6, 6.07) is 9.61. The Bertz CT molecular complexity index is 347. The van der Waals surface area contributed by atoms with E-state index >= 15 is 0 Å². The minimum absolute atomic E-state index is 0.216. The summed E-state index contributed by atoms with van der Waals surface area (Å²) in [6.07, 6.45) is 4.54. The fourth-order valence-electron chi connectivity index (χ4n) is 2.46. The van der Waals surface area contributed by atoms with E-state index in [9.17, 15) is 5.11 Å². The zero-order valence-electron chi connectivity index (χ0n) is 11.1. The third kappa shape index (κ3) is 4.00. The van der Waals surface area contributed by atoms with E-state index in [2.05, 4.69) is 12.2 Å². The van der Waals surface area contributed by atoms with Gasteiger partial charge in [0.1, 0.15) is 18.5 Å². The van der Waals surface area contributed by atoms with Crippen LogP contribution in [0.2, 0.25) is 0 Å². The molecule has 2 rings (SSSR count). The van der Waals surface area contributed by atoms with Gasteiger partial charge in [-0.2, -0.15) is 0 Å². The third-order valence-electron chi connectivity index (χ3n) is 3.66.